The van der Waals surface area contributed by atoms with Crippen molar-refractivity contribution in [3.8, 4) is 0 Å². The van der Waals surface area contributed by atoms with Crippen LogP contribution in [0.5, 0.6) is 0 Å². The zero-order chi connectivity index (χ0) is 37.8. The molecule has 8 nitrogen and oxygen atoms in total. The Morgan fingerprint density at radius 3 is 1.51 bits per heavy atom. The number of nitrogens with zero attached hydrogens (tertiary/aromatic N) is 1. The summed E-state index contributed by atoms with van der Waals surface area (Å²) in [4.78, 5) is 36.8. The zero-order valence-corrected chi connectivity index (χ0v) is 33.6. The lowest BCUT2D eigenvalue weighted by atomic mass is 10.1. The van der Waals surface area contributed by atoms with Crippen molar-refractivity contribution in [1.29, 1.82) is 0 Å². The Morgan fingerprint density at radius 1 is 0.588 bits per heavy atom. The highest BCUT2D eigenvalue weighted by Crippen LogP contribution is 2.13. The van der Waals surface area contributed by atoms with Crippen molar-refractivity contribution in [1.82, 2.24) is 0 Å². The maximum absolute atomic E-state index is 12.6. The van der Waals surface area contributed by atoms with Crippen LogP contribution in [0.2, 0.25) is 0 Å². The molecule has 0 bridgehead atoms. The Kier molecular flexibility index (Phi) is 33.0. The summed E-state index contributed by atoms with van der Waals surface area (Å²) in [5.41, 5.74) is 0. The van der Waals surface area contributed by atoms with Crippen LogP contribution >= 0.6 is 0 Å². The van der Waals surface area contributed by atoms with Crippen LogP contribution in [0.4, 0.5) is 0 Å². The van der Waals surface area contributed by atoms with E-state index in [0.717, 1.165) is 64.2 Å². The Hall–Kier alpha value is -2.45. The molecule has 2 atom stereocenters. The monoisotopic (exact) mass is 721 g/mol. The molecule has 0 heterocycles. The molecule has 0 aromatic carbocycles. The normalized spacial score (nSPS) is 13.4. The summed E-state index contributed by atoms with van der Waals surface area (Å²) < 4.78 is 17.2. The number of carbonyl (C=O) groups is 3. The Morgan fingerprint density at radius 2 is 1.04 bits per heavy atom. The fourth-order valence-electron chi connectivity index (χ4n) is 5.86. The van der Waals surface area contributed by atoms with Crippen molar-refractivity contribution < 1.29 is 38.2 Å². The van der Waals surface area contributed by atoms with Gasteiger partial charge in [-0.25, -0.2) is 4.79 Å². The summed E-state index contributed by atoms with van der Waals surface area (Å²) in [6.07, 6.45) is 37.6. The van der Waals surface area contributed by atoms with E-state index in [0.29, 0.717) is 19.3 Å². The third-order valence-corrected chi connectivity index (χ3v) is 9.10. The minimum atomic E-state index is -0.879. The summed E-state index contributed by atoms with van der Waals surface area (Å²) in [6.45, 7) is 4.67. The predicted octanol–water partition coefficient (Wildman–Crippen LogP) is 10.7. The van der Waals surface area contributed by atoms with E-state index in [-0.39, 0.29) is 36.2 Å². The topological polar surface area (TPSA) is 99.1 Å². The van der Waals surface area contributed by atoms with Gasteiger partial charge in [-0.15, -0.1) is 0 Å². The largest absolute Gasteiger partial charge is 0.477 e. The van der Waals surface area contributed by atoms with Crippen molar-refractivity contribution in [3.05, 3.63) is 36.5 Å². The number of rotatable bonds is 36. The average Bonchev–Trinajstić information content (AvgIpc) is 3.08. The number of carboxylic acids is 1. The van der Waals surface area contributed by atoms with Gasteiger partial charge >= 0.3 is 17.9 Å². The minimum absolute atomic E-state index is 0.0559. The second kappa shape index (κ2) is 34.6. The van der Waals surface area contributed by atoms with Gasteiger partial charge in [-0.2, -0.15) is 0 Å². The molecular formula is C43H78NO7+. The van der Waals surface area contributed by atoms with Gasteiger partial charge < -0.3 is 23.8 Å². The van der Waals surface area contributed by atoms with Gasteiger partial charge in [0, 0.05) is 19.3 Å². The van der Waals surface area contributed by atoms with E-state index in [9.17, 15) is 19.5 Å². The third-order valence-electron chi connectivity index (χ3n) is 9.10. The highest BCUT2D eigenvalue weighted by atomic mass is 16.6. The zero-order valence-electron chi connectivity index (χ0n) is 33.6. The lowest BCUT2D eigenvalue weighted by Crippen LogP contribution is -2.50. The summed E-state index contributed by atoms with van der Waals surface area (Å²) in [5, 5.41) is 9.58. The molecule has 0 saturated heterocycles. The van der Waals surface area contributed by atoms with Crippen molar-refractivity contribution in [2.45, 2.75) is 180 Å². The second-order valence-electron chi connectivity index (χ2n) is 15.0. The summed E-state index contributed by atoms with van der Waals surface area (Å²) in [6, 6.07) is -0.615. The van der Waals surface area contributed by atoms with Crippen molar-refractivity contribution in [2.75, 3.05) is 41.0 Å². The number of unbranched alkanes of at least 4 members (excludes halogenated alkanes) is 18. The van der Waals surface area contributed by atoms with Crippen molar-refractivity contribution in [3.63, 3.8) is 0 Å². The summed E-state index contributed by atoms with van der Waals surface area (Å²) >= 11 is 0. The highest BCUT2D eigenvalue weighted by molar-refractivity contribution is 5.72. The lowest BCUT2D eigenvalue weighted by molar-refractivity contribution is -0.887. The predicted molar refractivity (Wildman–Crippen MR) is 211 cm³/mol. The van der Waals surface area contributed by atoms with Gasteiger partial charge in [0.25, 0.3) is 0 Å². The van der Waals surface area contributed by atoms with E-state index in [1.54, 1.807) is 0 Å². The Labute approximate surface area is 313 Å². The van der Waals surface area contributed by atoms with E-state index < -0.39 is 18.1 Å². The van der Waals surface area contributed by atoms with Crippen LogP contribution in [0.1, 0.15) is 168 Å². The number of allylic oxidation sites excluding steroid dienone is 6. The van der Waals surface area contributed by atoms with Gasteiger partial charge in [-0.05, 0) is 38.5 Å². The molecule has 0 aromatic rings. The molecule has 0 aliphatic heterocycles. The number of likely N-dealkylation sites (N-methyl/N-ethyl adjacent to an activating group) is 1. The molecule has 1 N–H and O–H groups in total. The number of hydrogen-bond donors (Lipinski definition) is 1. The molecular weight excluding hydrogens is 642 g/mol. The molecule has 0 amide bonds. The van der Waals surface area contributed by atoms with E-state index in [4.69, 9.17) is 14.2 Å². The Balaban J connectivity index is 4.36. The smallest absolute Gasteiger partial charge is 0.362 e. The number of carboxylic acid groups (broad SMARTS) is 1. The number of esters is 2. The first kappa shape index (κ1) is 48.5. The number of hydrogen-bond acceptors (Lipinski definition) is 6. The second-order valence-corrected chi connectivity index (χ2v) is 15.0. The van der Waals surface area contributed by atoms with E-state index in [2.05, 4.69) is 50.3 Å². The summed E-state index contributed by atoms with van der Waals surface area (Å²) in [5.74, 6) is -1.49. The van der Waals surface area contributed by atoms with Crippen LogP contribution in [0, 0.1) is 0 Å². The fraction of sp³-hybridized carbons (Fsp3) is 0.791. The standard InChI is InChI=1S/C43H77NO7/c1-6-8-10-12-14-16-17-18-19-20-21-22-23-24-26-27-29-31-33-41(45)50-38-39(37-49-36-35-40(43(47)48)44(3,4)5)51-42(46)34-32-30-28-25-15-13-11-9-7-2/h17-22,39-40H,6-16,23-38H2,1-5H3/p+1/b18-17+,20-19+,22-21+. The van der Waals surface area contributed by atoms with Gasteiger partial charge in [-0.3, -0.25) is 9.59 Å². The highest BCUT2D eigenvalue weighted by Gasteiger charge is 2.31. The molecule has 0 spiro atoms. The third kappa shape index (κ3) is 33.2. The maximum Gasteiger partial charge on any atom is 0.362 e. The van der Waals surface area contributed by atoms with Crippen LogP contribution in [0.3, 0.4) is 0 Å². The van der Waals surface area contributed by atoms with E-state index in [1.165, 1.54) is 70.6 Å². The molecule has 0 aliphatic carbocycles. The van der Waals surface area contributed by atoms with Crippen molar-refractivity contribution >= 4 is 17.9 Å². The molecule has 0 aromatic heterocycles. The van der Waals surface area contributed by atoms with Crippen LogP contribution in [0.15, 0.2) is 36.5 Å². The Bertz CT molecular complexity index is 937. The molecule has 0 radical (unpaired) electrons. The summed E-state index contributed by atoms with van der Waals surface area (Å²) in [7, 11) is 5.51. The van der Waals surface area contributed by atoms with Crippen LogP contribution in [-0.2, 0) is 28.6 Å². The van der Waals surface area contributed by atoms with Gasteiger partial charge in [0.15, 0.2) is 12.1 Å². The number of ether oxygens (including phenoxy) is 3. The maximum atomic E-state index is 12.6. The molecule has 2 unspecified atom stereocenters. The first-order valence-electron chi connectivity index (χ1n) is 20.6. The van der Waals surface area contributed by atoms with Gasteiger partial charge in [0.05, 0.1) is 34.4 Å². The van der Waals surface area contributed by atoms with Crippen LogP contribution < -0.4 is 0 Å². The van der Waals surface area contributed by atoms with Crippen LogP contribution in [0.25, 0.3) is 0 Å². The number of aliphatic carboxylic acids is 1. The fourth-order valence-corrected chi connectivity index (χ4v) is 5.86. The molecule has 0 saturated carbocycles. The minimum Gasteiger partial charge on any atom is -0.477 e. The quantitative estimate of drug-likeness (QED) is 0.0298. The first-order chi connectivity index (χ1) is 24.6. The average molecular weight is 721 g/mol. The SMILES string of the molecule is CCCCCCC/C=C/C=C/C=C/CCCCCCCC(=O)OCC(COCCC(C(=O)O)[N+](C)(C)C)OC(=O)CCCCCCCCCCC. The molecule has 0 aliphatic rings. The molecule has 8 heteroatoms. The molecule has 0 rings (SSSR count). The van der Waals surface area contributed by atoms with Crippen molar-refractivity contribution in [2.24, 2.45) is 0 Å². The van der Waals surface area contributed by atoms with Gasteiger partial charge in [0.1, 0.15) is 6.61 Å². The first-order valence-corrected chi connectivity index (χ1v) is 20.6. The molecule has 296 valence electrons. The van der Waals surface area contributed by atoms with Gasteiger partial charge in [0.2, 0.25) is 0 Å². The number of carbonyl (C=O) groups excluding carboxylic acids is 2. The van der Waals surface area contributed by atoms with Crippen LogP contribution in [-0.4, -0.2) is 80.6 Å². The van der Waals surface area contributed by atoms with Gasteiger partial charge in [-0.1, -0.05) is 147 Å². The number of quaternary nitrogens is 1. The van der Waals surface area contributed by atoms with E-state index in [1.807, 2.05) is 21.1 Å². The molecule has 0 fully saturated rings. The lowest BCUT2D eigenvalue weighted by Gasteiger charge is -2.31. The van der Waals surface area contributed by atoms with E-state index >= 15 is 0 Å². The molecule has 51 heavy (non-hydrogen) atoms.